The summed E-state index contributed by atoms with van der Waals surface area (Å²) in [5.41, 5.74) is 0. The van der Waals surface area contributed by atoms with Gasteiger partial charge < -0.3 is 4.79 Å². The number of hydrogen-bond donors (Lipinski definition) is 0. The topological polar surface area (TPSA) is 17.1 Å². The Hall–Kier alpha value is -0.590. The van der Waals surface area contributed by atoms with E-state index < -0.39 is 0 Å². The fourth-order valence-corrected chi connectivity index (χ4v) is 1.86. The normalized spacial score (nSPS) is 11.5. The predicted octanol–water partition coefficient (Wildman–Crippen LogP) is 5.30. The molecule has 0 atom stereocenters. The van der Waals surface area contributed by atoms with Crippen LogP contribution in [0.1, 0.15) is 78.6 Å². The maximum atomic E-state index is 10.7. The zero-order valence-corrected chi connectivity index (χ0v) is 12.0. The lowest BCUT2D eigenvalue weighted by atomic mass is 10.1. The highest BCUT2D eigenvalue weighted by molar-refractivity contribution is 5.75. The van der Waals surface area contributed by atoms with Gasteiger partial charge in [-0.15, -0.1) is 0 Å². The summed E-state index contributed by atoms with van der Waals surface area (Å²) < 4.78 is 0. The first kappa shape index (κ1) is 16.4. The molecule has 100 valence electrons. The summed E-state index contributed by atoms with van der Waals surface area (Å²) in [6.07, 6.45) is 15.4. The molecule has 0 aliphatic rings. The average molecular weight is 238 g/mol. The second kappa shape index (κ2) is 11.9. The molecule has 0 saturated heterocycles. The van der Waals surface area contributed by atoms with Crippen LogP contribution in [-0.4, -0.2) is 5.78 Å². The lowest BCUT2D eigenvalue weighted by molar-refractivity contribution is -0.117. The largest absolute Gasteiger partial charge is 0.300 e. The van der Waals surface area contributed by atoms with Crippen molar-refractivity contribution in [3.05, 3.63) is 12.2 Å². The molecule has 0 rings (SSSR count). The third-order valence-electron chi connectivity index (χ3n) is 2.97. The van der Waals surface area contributed by atoms with Gasteiger partial charge in [0, 0.05) is 6.42 Å². The lowest BCUT2D eigenvalue weighted by Gasteiger charge is -2.01. The summed E-state index contributed by atoms with van der Waals surface area (Å²) in [6.45, 7) is 6.25. The fourth-order valence-electron chi connectivity index (χ4n) is 1.86. The summed E-state index contributed by atoms with van der Waals surface area (Å²) in [6, 6.07) is 0. The highest BCUT2D eigenvalue weighted by Gasteiger charge is 1.93. The first-order valence-electron chi connectivity index (χ1n) is 7.27. The van der Waals surface area contributed by atoms with Gasteiger partial charge in [-0.05, 0) is 44.9 Å². The highest BCUT2D eigenvalue weighted by atomic mass is 16.1. The highest BCUT2D eigenvalue weighted by Crippen LogP contribution is 2.09. The number of carbonyl (C=O) groups is 1. The Morgan fingerprint density at radius 1 is 0.941 bits per heavy atom. The van der Waals surface area contributed by atoms with E-state index in [0.29, 0.717) is 5.78 Å². The van der Waals surface area contributed by atoms with Gasteiger partial charge in [0.2, 0.25) is 0 Å². The summed E-state index contributed by atoms with van der Waals surface area (Å²) >= 11 is 0. The van der Waals surface area contributed by atoms with Crippen LogP contribution in [0, 0.1) is 5.92 Å². The molecule has 0 aliphatic carbocycles. The van der Waals surface area contributed by atoms with E-state index in [1.165, 1.54) is 44.9 Å². The quantitative estimate of drug-likeness (QED) is 0.353. The van der Waals surface area contributed by atoms with Crippen molar-refractivity contribution in [2.75, 3.05) is 0 Å². The number of hydrogen-bond acceptors (Lipinski definition) is 1. The molecule has 0 unspecified atom stereocenters. The van der Waals surface area contributed by atoms with Crippen molar-refractivity contribution in [2.24, 2.45) is 5.92 Å². The third-order valence-corrected chi connectivity index (χ3v) is 2.97. The number of allylic oxidation sites excluding steroid dienone is 2. The van der Waals surface area contributed by atoms with Crippen molar-refractivity contribution in [3.8, 4) is 0 Å². The zero-order valence-electron chi connectivity index (χ0n) is 12.0. The average Bonchev–Trinajstić information content (AvgIpc) is 2.25. The van der Waals surface area contributed by atoms with Gasteiger partial charge >= 0.3 is 0 Å². The van der Waals surface area contributed by atoms with Crippen molar-refractivity contribution in [1.29, 1.82) is 0 Å². The second-order valence-corrected chi connectivity index (χ2v) is 5.45. The summed E-state index contributed by atoms with van der Waals surface area (Å²) in [5.74, 6) is 1.17. The van der Waals surface area contributed by atoms with E-state index in [2.05, 4.69) is 26.0 Å². The van der Waals surface area contributed by atoms with E-state index >= 15 is 0 Å². The molecule has 0 spiro atoms. The molecule has 0 amide bonds. The molecule has 0 aromatic rings. The summed E-state index contributed by atoms with van der Waals surface area (Å²) in [7, 11) is 0. The van der Waals surface area contributed by atoms with E-state index in [1.54, 1.807) is 6.92 Å². The van der Waals surface area contributed by atoms with Crippen molar-refractivity contribution < 1.29 is 4.79 Å². The Labute approximate surface area is 108 Å². The standard InChI is InChI=1S/C16H30O/c1-15(2)13-11-9-7-5-4-6-8-10-12-14-16(3)17/h4-5,15H,6-14H2,1-3H3/b5-4-. The van der Waals surface area contributed by atoms with Gasteiger partial charge in [-0.3, -0.25) is 0 Å². The van der Waals surface area contributed by atoms with Crippen LogP contribution >= 0.6 is 0 Å². The van der Waals surface area contributed by atoms with Crippen LogP contribution in [0.2, 0.25) is 0 Å². The maximum Gasteiger partial charge on any atom is 0.129 e. The fraction of sp³-hybridized carbons (Fsp3) is 0.812. The van der Waals surface area contributed by atoms with Crippen molar-refractivity contribution in [3.63, 3.8) is 0 Å². The summed E-state index contributed by atoms with van der Waals surface area (Å²) in [4.78, 5) is 10.7. The Morgan fingerprint density at radius 2 is 1.53 bits per heavy atom. The molecule has 0 heterocycles. The molecule has 0 fully saturated rings. The van der Waals surface area contributed by atoms with Crippen LogP contribution in [0.4, 0.5) is 0 Å². The number of Topliss-reactive ketones (excluding diaryl/α,β-unsaturated/α-hetero) is 1. The molecular weight excluding hydrogens is 208 g/mol. The SMILES string of the molecule is CC(=O)CCCCC/C=C\CCCCC(C)C. The molecule has 0 aromatic heterocycles. The molecule has 17 heavy (non-hydrogen) atoms. The van der Waals surface area contributed by atoms with Crippen molar-refractivity contribution >= 4 is 5.78 Å². The third kappa shape index (κ3) is 15.4. The van der Waals surface area contributed by atoms with E-state index in [9.17, 15) is 4.79 Å². The van der Waals surface area contributed by atoms with Crippen LogP contribution in [0.15, 0.2) is 12.2 Å². The van der Waals surface area contributed by atoms with Crippen LogP contribution in [0.3, 0.4) is 0 Å². The van der Waals surface area contributed by atoms with Crippen molar-refractivity contribution in [2.45, 2.75) is 78.6 Å². The van der Waals surface area contributed by atoms with Crippen LogP contribution in [0.5, 0.6) is 0 Å². The Balaban J connectivity index is 3.12. The molecule has 0 aliphatic heterocycles. The van der Waals surface area contributed by atoms with Crippen LogP contribution in [-0.2, 0) is 4.79 Å². The van der Waals surface area contributed by atoms with Gasteiger partial charge in [0.05, 0.1) is 0 Å². The summed E-state index contributed by atoms with van der Waals surface area (Å²) in [5, 5.41) is 0. The Bertz CT molecular complexity index is 204. The van der Waals surface area contributed by atoms with Gasteiger partial charge in [0.25, 0.3) is 0 Å². The monoisotopic (exact) mass is 238 g/mol. The number of ketones is 1. The van der Waals surface area contributed by atoms with Crippen molar-refractivity contribution in [1.82, 2.24) is 0 Å². The maximum absolute atomic E-state index is 10.7. The van der Waals surface area contributed by atoms with Gasteiger partial charge in [-0.1, -0.05) is 45.3 Å². The molecular formula is C16H30O. The minimum Gasteiger partial charge on any atom is -0.300 e. The second-order valence-electron chi connectivity index (χ2n) is 5.45. The van der Waals surface area contributed by atoms with Crippen LogP contribution in [0.25, 0.3) is 0 Å². The first-order valence-corrected chi connectivity index (χ1v) is 7.27. The minimum absolute atomic E-state index is 0.325. The van der Waals surface area contributed by atoms with Gasteiger partial charge in [-0.25, -0.2) is 0 Å². The number of unbranched alkanes of at least 4 members (excludes halogenated alkanes) is 5. The van der Waals surface area contributed by atoms with E-state index in [0.717, 1.165) is 18.8 Å². The van der Waals surface area contributed by atoms with E-state index in [1.807, 2.05) is 0 Å². The molecule has 0 saturated carbocycles. The molecule has 1 nitrogen and oxygen atoms in total. The number of rotatable bonds is 11. The van der Waals surface area contributed by atoms with E-state index in [-0.39, 0.29) is 0 Å². The smallest absolute Gasteiger partial charge is 0.129 e. The molecule has 0 radical (unpaired) electrons. The number of carbonyl (C=O) groups excluding carboxylic acids is 1. The van der Waals surface area contributed by atoms with Crippen LogP contribution < -0.4 is 0 Å². The molecule has 1 heteroatoms. The molecule has 0 N–H and O–H groups in total. The lowest BCUT2D eigenvalue weighted by Crippen LogP contribution is -1.88. The molecule has 0 aromatic carbocycles. The van der Waals surface area contributed by atoms with E-state index in [4.69, 9.17) is 0 Å². The zero-order chi connectivity index (χ0) is 12.9. The van der Waals surface area contributed by atoms with Gasteiger partial charge in [0.15, 0.2) is 0 Å². The van der Waals surface area contributed by atoms with Gasteiger partial charge in [0.1, 0.15) is 5.78 Å². The predicted molar refractivity (Wildman–Crippen MR) is 76.2 cm³/mol. The minimum atomic E-state index is 0.325. The first-order chi connectivity index (χ1) is 8.13. The van der Waals surface area contributed by atoms with Gasteiger partial charge in [-0.2, -0.15) is 0 Å². The Morgan fingerprint density at radius 3 is 2.06 bits per heavy atom. The molecule has 0 bridgehead atoms. The Kier molecular flexibility index (Phi) is 11.5.